The molecule has 2 aromatic rings. The molecule has 0 saturated heterocycles. The second-order valence-corrected chi connectivity index (χ2v) is 5.34. The van der Waals surface area contributed by atoms with Crippen molar-refractivity contribution in [3.05, 3.63) is 48.3 Å². The zero-order valence-corrected chi connectivity index (χ0v) is 15.5. The molecular weight excluding hydrogens is 332 g/mol. The first-order valence-electron chi connectivity index (χ1n) is 8.52. The number of aliphatic imine (C=N–C) groups is 1. The predicted octanol–water partition coefficient (Wildman–Crippen LogP) is 2.23. The number of rotatable bonds is 9. The minimum atomic E-state index is 0.492. The highest BCUT2D eigenvalue weighted by Gasteiger charge is 2.05. The predicted molar refractivity (Wildman–Crippen MR) is 102 cm³/mol. The second kappa shape index (κ2) is 10.8. The topological polar surface area (TPSA) is 77.0 Å². The van der Waals surface area contributed by atoms with Crippen molar-refractivity contribution in [3.8, 4) is 17.2 Å². The van der Waals surface area contributed by atoms with Gasteiger partial charge < -0.3 is 24.8 Å². The molecule has 0 aliphatic carbocycles. The van der Waals surface area contributed by atoms with Gasteiger partial charge in [-0.1, -0.05) is 0 Å². The van der Waals surface area contributed by atoms with Crippen LogP contribution in [0.25, 0.3) is 0 Å². The molecule has 0 radical (unpaired) electrons. The Morgan fingerprint density at radius 2 is 2.00 bits per heavy atom. The van der Waals surface area contributed by atoms with Gasteiger partial charge in [-0.2, -0.15) is 0 Å². The average Bonchev–Trinajstić information content (AvgIpc) is 2.69. The van der Waals surface area contributed by atoms with Crippen LogP contribution in [0, 0.1) is 0 Å². The lowest BCUT2D eigenvalue weighted by molar-refractivity contribution is 0.320. The lowest BCUT2D eigenvalue weighted by atomic mass is 10.2. The summed E-state index contributed by atoms with van der Waals surface area (Å²) in [5, 5.41) is 6.47. The van der Waals surface area contributed by atoms with Crippen molar-refractivity contribution in [2.24, 2.45) is 4.99 Å². The quantitative estimate of drug-likeness (QED) is 0.407. The van der Waals surface area contributed by atoms with Gasteiger partial charge in [0, 0.05) is 24.4 Å². The van der Waals surface area contributed by atoms with Gasteiger partial charge in [-0.05, 0) is 31.2 Å². The average molecular weight is 358 g/mol. The van der Waals surface area contributed by atoms with Gasteiger partial charge in [0.15, 0.2) is 5.96 Å². The van der Waals surface area contributed by atoms with Crippen LogP contribution in [-0.4, -0.2) is 44.9 Å². The molecule has 2 N–H and O–H groups in total. The van der Waals surface area contributed by atoms with Crippen LogP contribution in [0.2, 0.25) is 0 Å². The maximum absolute atomic E-state index is 5.62. The summed E-state index contributed by atoms with van der Waals surface area (Å²) in [5.41, 5.74) is 0.983. The van der Waals surface area contributed by atoms with Crippen LogP contribution in [-0.2, 0) is 6.54 Å². The van der Waals surface area contributed by atoms with E-state index in [1.165, 1.54) is 0 Å². The van der Waals surface area contributed by atoms with Crippen molar-refractivity contribution in [1.82, 2.24) is 15.6 Å². The molecule has 0 aliphatic heterocycles. The summed E-state index contributed by atoms with van der Waals surface area (Å²) >= 11 is 0. The zero-order valence-electron chi connectivity index (χ0n) is 15.5. The Labute approximate surface area is 154 Å². The van der Waals surface area contributed by atoms with E-state index in [9.17, 15) is 0 Å². The molecule has 0 fully saturated rings. The lowest BCUT2D eigenvalue weighted by Crippen LogP contribution is -2.39. The first kappa shape index (κ1) is 19.4. The second-order valence-electron chi connectivity index (χ2n) is 5.34. The first-order chi connectivity index (χ1) is 12.8. The number of nitrogens with zero attached hydrogens (tertiary/aromatic N) is 2. The van der Waals surface area contributed by atoms with Crippen molar-refractivity contribution in [3.63, 3.8) is 0 Å². The Balaban J connectivity index is 1.89. The molecule has 0 atom stereocenters. The summed E-state index contributed by atoms with van der Waals surface area (Å²) in [6.07, 6.45) is 3.41. The van der Waals surface area contributed by atoms with E-state index < -0.39 is 0 Å². The maximum Gasteiger partial charge on any atom is 0.191 e. The Hall–Kier alpha value is -2.96. The fraction of sp³-hybridized carbons (Fsp3) is 0.368. The third kappa shape index (κ3) is 6.16. The van der Waals surface area contributed by atoms with E-state index in [1.807, 2.05) is 37.3 Å². The van der Waals surface area contributed by atoms with Gasteiger partial charge in [0.05, 0.1) is 33.5 Å². The van der Waals surface area contributed by atoms with E-state index in [-0.39, 0.29) is 0 Å². The SMILES string of the molecule is CCNC(=NCc1ccc(OC)cc1OC)NCCOc1cccnc1. The first-order valence-corrected chi connectivity index (χ1v) is 8.52. The Morgan fingerprint density at radius 3 is 2.69 bits per heavy atom. The summed E-state index contributed by atoms with van der Waals surface area (Å²) in [6.45, 7) is 4.43. The van der Waals surface area contributed by atoms with Crippen molar-refractivity contribution < 1.29 is 14.2 Å². The molecule has 140 valence electrons. The molecule has 0 aliphatic rings. The van der Waals surface area contributed by atoms with E-state index in [4.69, 9.17) is 14.2 Å². The zero-order chi connectivity index (χ0) is 18.6. The van der Waals surface area contributed by atoms with E-state index in [0.717, 1.165) is 35.3 Å². The van der Waals surface area contributed by atoms with E-state index in [1.54, 1.807) is 26.6 Å². The van der Waals surface area contributed by atoms with Crippen molar-refractivity contribution >= 4 is 5.96 Å². The standard InChI is InChI=1S/C19H26N4O3/c1-4-21-19(22-10-11-26-17-6-5-9-20-14-17)23-13-15-7-8-16(24-2)12-18(15)25-3/h5-9,12,14H,4,10-11,13H2,1-3H3,(H2,21,22,23). The molecule has 1 aromatic carbocycles. The van der Waals surface area contributed by atoms with Crippen LogP contribution in [0.15, 0.2) is 47.7 Å². The monoisotopic (exact) mass is 358 g/mol. The lowest BCUT2D eigenvalue weighted by Gasteiger charge is -2.13. The van der Waals surface area contributed by atoms with Gasteiger partial charge >= 0.3 is 0 Å². The van der Waals surface area contributed by atoms with Gasteiger partial charge in [0.2, 0.25) is 0 Å². The van der Waals surface area contributed by atoms with E-state index >= 15 is 0 Å². The Kier molecular flexibility index (Phi) is 8.05. The van der Waals surface area contributed by atoms with Gasteiger partial charge in [-0.15, -0.1) is 0 Å². The highest BCUT2D eigenvalue weighted by atomic mass is 16.5. The van der Waals surface area contributed by atoms with Crippen LogP contribution in [0.3, 0.4) is 0 Å². The van der Waals surface area contributed by atoms with Crippen molar-refractivity contribution in [1.29, 1.82) is 0 Å². The minimum Gasteiger partial charge on any atom is -0.497 e. The van der Waals surface area contributed by atoms with E-state index in [0.29, 0.717) is 19.7 Å². The number of pyridine rings is 1. The molecule has 7 nitrogen and oxygen atoms in total. The Bertz CT molecular complexity index is 692. The molecule has 26 heavy (non-hydrogen) atoms. The van der Waals surface area contributed by atoms with Crippen LogP contribution in [0.1, 0.15) is 12.5 Å². The molecule has 0 bridgehead atoms. The summed E-state index contributed by atoms with van der Waals surface area (Å²) in [6, 6.07) is 9.43. The molecule has 0 unspecified atom stereocenters. The number of nitrogens with one attached hydrogen (secondary N) is 2. The number of hydrogen-bond acceptors (Lipinski definition) is 5. The third-order valence-corrected chi connectivity index (χ3v) is 3.54. The van der Waals surface area contributed by atoms with Crippen molar-refractivity contribution in [2.75, 3.05) is 33.9 Å². The highest BCUT2D eigenvalue weighted by molar-refractivity contribution is 5.79. The van der Waals surface area contributed by atoms with E-state index in [2.05, 4.69) is 20.6 Å². The highest BCUT2D eigenvalue weighted by Crippen LogP contribution is 2.25. The van der Waals surface area contributed by atoms with Gasteiger partial charge in [-0.25, -0.2) is 4.99 Å². The molecular formula is C19H26N4O3. The number of benzene rings is 1. The fourth-order valence-electron chi connectivity index (χ4n) is 2.26. The minimum absolute atomic E-state index is 0.492. The van der Waals surface area contributed by atoms with Gasteiger partial charge in [-0.3, -0.25) is 4.98 Å². The van der Waals surface area contributed by atoms with Crippen LogP contribution >= 0.6 is 0 Å². The fourth-order valence-corrected chi connectivity index (χ4v) is 2.26. The number of aromatic nitrogens is 1. The molecule has 1 aromatic heterocycles. The third-order valence-electron chi connectivity index (χ3n) is 3.54. The largest absolute Gasteiger partial charge is 0.497 e. The molecule has 0 saturated carbocycles. The molecule has 0 amide bonds. The molecule has 2 rings (SSSR count). The van der Waals surface area contributed by atoms with Crippen molar-refractivity contribution in [2.45, 2.75) is 13.5 Å². The molecule has 0 spiro atoms. The number of ether oxygens (including phenoxy) is 3. The number of guanidine groups is 1. The molecule has 1 heterocycles. The summed E-state index contributed by atoms with van der Waals surface area (Å²) in [4.78, 5) is 8.62. The number of hydrogen-bond donors (Lipinski definition) is 2. The summed E-state index contributed by atoms with van der Waals surface area (Å²) < 4.78 is 16.2. The number of methoxy groups -OCH3 is 2. The summed E-state index contributed by atoms with van der Waals surface area (Å²) in [7, 11) is 3.27. The smallest absolute Gasteiger partial charge is 0.191 e. The maximum atomic E-state index is 5.62. The van der Waals surface area contributed by atoms with Gasteiger partial charge in [0.25, 0.3) is 0 Å². The van der Waals surface area contributed by atoms with Gasteiger partial charge in [0.1, 0.15) is 23.9 Å². The normalized spacial score (nSPS) is 11.0. The summed E-state index contributed by atoms with van der Waals surface area (Å²) in [5.74, 6) is 2.98. The molecule has 7 heteroatoms. The van der Waals surface area contributed by atoms with Crippen LogP contribution < -0.4 is 24.8 Å². The Morgan fingerprint density at radius 1 is 1.12 bits per heavy atom. The van der Waals surface area contributed by atoms with Crippen LogP contribution in [0.4, 0.5) is 0 Å². The van der Waals surface area contributed by atoms with Crippen LogP contribution in [0.5, 0.6) is 17.2 Å².